The first kappa shape index (κ1) is 28.6. The molecule has 0 aromatic carbocycles. The number of cyclic esters (lactones) is 1. The van der Waals surface area contributed by atoms with Crippen molar-refractivity contribution in [2.24, 2.45) is 34.0 Å². The van der Waals surface area contributed by atoms with Crippen LogP contribution in [0.2, 0.25) is 0 Å². The summed E-state index contributed by atoms with van der Waals surface area (Å²) in [6.07, 6.45) is 1.80. The summed E-state index contributed by atoms with van der Waals surface area (Å²) >= 11 is 0. The fourth-order valence-corrected chi connectivity index (χ4v) is 9.40. The van der Waals surface area contributed by atoms with Gasteiger partial charge in [-0.05, 0) is 24.5 Å². The summed E-state index contributed by atoms with van der Waals surface area (Å²) in [7, 11) is 1.19. The molecule has 0 N–H and O–H groups in total. The fourth-order valence-electron chi connectivity index (χ4n) is 9.40. The molecule has 42 heavy (non-hydrogen) atoms. The van der Waals surface area contributed by atoms with Gasteiger partial charge in [0.1, 0.15) is 29.7 Å². The number of carbonyl (C=O) groups excluding carboxylic acids is 5. The normalized spacial score (nSPS) is 41.5. The summed E-state index contributed by atoms with van der Waals surface area (Å²) in [6.45, 7) is 9.89. The van der Waals surface area contributed by atoms with Crippen LogP contribution in [0.25, 0.3) is 0 Å². The van der Waals surface area contributed by atoms with Crippen molar-refractivity contribution in [3.8, 4) is 0 Å². The maximum atomic E-state index is 14.7. The van der Waals surface area contributed by atoms with Crippen LogP contribution in [-0.4, -0.2) is 60.7 Å². The van der Waals surface area contributed by atoms with Gasteiger partial charge in [0.05, 0.1) is 25.6 Å². The molecule has 1 unspecified atom stereocenters. The number of fused-ring (bicyclic) bond motifs is 5. The molecule has 3 aliphatic carbocycles. The lowest BCUT2D eigenvalue weighted by Gasteiger charge is -2.64. The van der Waals surface area contributed by atoms with Gasteiger partial charge in [0.2, 0.25) is 6.10 Å². The number of Topliss-reactive ketones (excluding diaryl/α,β-unsaturated/α-hetero) is 1. The second kappa shape index (κ2) is 9.02. The molecule has 3 saturated carbocycles. The number of carbonyl (C=O) groups is 5. The predicted molar refractivity (Wildman–Crippen MR) is 141 cm³/mol. The number of ether oxygens (including phenoxy) is 5. The molecule has 1 aromatic rings. The van der Waals surface area contributed by atoms with Gasteiger partial charge in [0, 0.05) is 53.6 Å². The quantitative estimate of drug-likeness (QED) is 0.285. The smallest absolute Gasteiger partial charge is 0.347 e. The zero-order valence-corrected chi connectivity index (χ0v) is 24.8. The number of ketones is 1. The van der Waals surface area contributed by atoms with Gasteiger partial charge in [-0.1, -0.05) is 27.7 Å². The molecule has 1 saturated heterocycles. The van der Waals surface area contributed by atoms with Gasteiger partial charge in [0.25, 0.3) is 0 Å². The number of hydrogen-bond acceptors (Lipinski definition) is 11. The van der Waals surface area contributed by atoms with Gasteiger partial charge in [-0.3, -0.25) is 14.4 Å². The van der Waals surface area contributed by atoms with Crippen LogP contribution >= 0.6 is 0 Å². The van der Waals surface area contributed by atoms with E-state index in [4.69, 9.17) is 28.1 Å². The number of hydrogen-bond donors (Lipinski definition) is 0. The molecule has 2 bridgehead atoms. The van der Waals surface area contributed by atoms with Crippen LogP contribution in [0.15, 0.2) is 34.7 Å². The Hall–Kier alpha value is -3.47. The summed E-state index contributed by atoms with van der Waals surface area (Å²) in [5.74, 6) is -5.22. The summed E-state index contributed by atoms with van der Waals surface area (Å²) in [5, 5.41) is 0. The van der Waals surface area contributed by atoms with Crippen molar-refractivity contribution in [1.82, 2.24) is 0 Å². The minimum atomic E-state index is -1.46. The van der Waals surface area contributed by atoms with E-state index in [9.17, 15) is 24.0 Å². The molecule has 0 radical (unpaired) electrons. The molecule has 226 valence electrons. The first-order chi connectivity index (χ1) is 19.6. The highest BCUT2D eigenvalue weighted by Gasteiger charge is 2.85. The molecule has 11 nitrogen and oxygen atoms in total. The van der Waals surface area contributed by atoms with E-state index in [1.807, 2.05) is 20.8 Å². The van der Waals surface area contributed by atoms with E-state index >= 15 is 0 Å². The van der Waals surface area contributed by atoms with Crippen LogP contribution in [0.1, 0.15) is 66.1 Å². The Morgan fingerprint density at radius 1 is 1.07 bits per heavy atom. The third-order valence-corrected chi connectivity index (χ3v) is 10.8. The highest BCUT2D eigenvalue weighted by atomic mass is 16.6. The van der Waals surface area contributed by atoms with Gasteiger partial charge in [-0.2, -0.15) is 0 Å². The first-order valence-corrected chi connectivity index (χ1v) is 14.3. The lowest BCUT2D eigenvalue weighted by atomic mass is 9.38. The standard InChI is InChI=1S/C31H36O11/c1-14(32)39-21(27(36)37-7)22-28(3,4)25(40-15(2)33)20-23(35)30(22,6)17-8-10-29(5)18(31(17)26(20)42-31)12-19(34)41-24(29)16-9-11-38-13-16/h9,11-13,17,20-22,24-26H,8,10H2,1-7H3/t17-,20-,21?,22+,24+,25-,26-,29-,30-,31-/m1/s1. The van der Waals surface area contributed by atoms with Crippen LogP contribution in [0.4, 0.5) is 0 Å². The molecule has 1 spiro atoms. The molecule has 10 atom stereocenters. The Labute approximate surface area is 243 Å². The minimum Gasteiger partial charge on any atom is -0.472 e. The Morgan fingerprint density at radius 3 is 2.38 bits per heavy atom. The fraction of sp³-hybridized carbons (Fsp3) is 0.645. The van der Waals surface area contributed by atoms with E-state index in [1.165, 1.54) is 33.3 Å². The monoisotopic (exact) mass is 584 g/mol. The average Bonchev–Trinajstić information content (AvgIpc) is 3.36. The molecule has 5 aliphatic rings. The Kier molecular flexibility index (Phi) is 6.15. The molecule has 1 aromatic heterocycles. The molecule has 0 amide bonds. The number of rotatable bonds is 5. The highest BCUT2D eigenvalue weighted by Crippen LogP contribution is 2.77. The lowest BCUT2D eigenvalue weighted by molar-refractivity contribution is -0.221. The van der Waals surface area contributed by atoms with Crippen molar-refractivity contribution in [2.45, 2.75) is 84.4 Å². The minimum absolute atomic E-state index is 0.226. The average molecular weight is 585 g/mol. The zero-order valence-electron chi connectivity index (χ0n) is 24.8. The second-order valence-corrected chi connectivity index (χ2v) is 13.3. The predicted octanol–water partition coefficient (Wildman–Crippen LogP) is 3.26. The van der Waals surface area contributed by atoms with Crippen LogP contribution in [0.5, 0.6) is 0 Å². The van der Waals surface area contributed by atoms with Crippen LogP contribution < -0.4 is 0 Å². The van der Waals surface area contributed by atoms with Crippen LogP contribution in [-0.2, 0) is 47.7 Å². The van der Waals surface area contributed by atoms with Gasteiger partial charge >= 0.3 is 23.9 Å². The lowest BCUT2D eigenvalue weighted by Crippen LogP contribution is -2.73. The summed E-state index contributed by atoms with van der Waals surface area (Å²) < 4.78 is 34.4. The van der Waals surface area contributed by atoms with E-state index in [1.54, 1.807) is 19.3 Å². The zero-order chi connectivity index (χ0) is 30.6. The molecular formula is C31H36O11. The summed E-state index contributed by atoms with van der Waals surface area (Å²) in [6, 6.07) is 1.76. The number of esters is 4. The van der Waals surface area contributed by atoms with Gasteiger partial charge in [-0.25, -0.2) is 9.59 Å². The van der Waals surface area contributed by atoms with Crippen molar-refractivity contribution in [3.63, 3.8) is 0 Å². The van der Waals surface area contributed by atoms with Gasteiger partial charge in [-0.15, -0.1) is 0 Å². The van der Waals surface area contributed by atoms with E-state index in [2.05, 4.69) is 0 Å². The van der Waals surface area contributed by atoms with Crippen molar-refractivity contribution in [2.75, 3.05) is 7.11 Å². The molecule has 3 heterocycles. The summed E-state index contributed by atoms with van der Waals surface area (Å²) in [5.41, 5.74) is -2.66. The van der Waals surface area contributed by atoms with Crippen molar-refractivity contribution in [3.05, 3.63) is 35.8 Å². The second-order valence-electron chi connectivity index (χ2n) is 13.3. The number of epoxide rings is 1. The van der Waals surface area contributed by atoms with E-state index < -0.39 is 87.9 Å². The Balaban J connectivity index is 1.56. The number of methoxy groups -OCH3 is 1. The third-order valence-electron chi connectivity index (χ3n) is 10.8. The van der Waals surface area contributed by atoms with Crippen molar-refractivity contribution < 1.29 is 52.1 Å². The molecular weight excluding hydrogens is 548 g/mol. The first-order valence-electron chi connectivity index (χ1n) is 14.3. The topological polar surface area (TPSA) is 148 Å². The summed E-state index contributed by atoms with van der Waals surface area (Å²) in [4.78, 5) is 65.8. The van der Waals surface area contributed by atoms with Gasteiger partial charge < -0.3 is 28.1 Å². The molecule has 2 aliphatic heterocycles. The maximum absolute atomic E-state index is 14.7. The molecule has 4 fully saturated rings. The molecule has 6 rings (SSSR count). The highest BCUT2D eigenvalue weighted by molar-refractivity contribution is 5.95. The van der Waals surface area contributed by atoms with Crippen molar-refractivity contribution >= 4 is 29.7 Å². The van der Waals surface area contributed by atoms with Crippen LogP contribution in [0.3, 0.4) is 0 Å². The third kappa shape index (κ3) is 3.52. The van der Waals surface area contributed by atoms with Crippen LogP contribution in [0, 0.1) is 34.0 Å². The largest absolute Gasteiger partial charge is 0.472 e. The number of furan rings is 1. The van der Waals surface area contributed by atoms with Gasteiger partial charge in [0.15, 0.2) is 0 Å². The van der Waals surface area contributed by atoms with Crippen molar-refractivity contribution in [1.29, 1.82) is 0 Å². The SMILES string of the molecule is COC(=O)C(OC(C)=O)[C@H]1C(C)(C)[C@H](OC(C)=O)[C@H]2C(=O)[C@]1(C)[C@H]1CC[C@]3(C)C(=CC(=O)O[C@H]3c3ccoc3)[C@]13O[C@H]23. The van der Waals surface area contributed by atoms with E-state index in [0.717, 1.165) is 0 Å². The Bertz CT molecular complexity index is 1410. The van der Waals surface area contributed by atoms with E-state index in [0.29, 0.717) is 24.0 Å². The maximum Gasteiger partial charge on any atom is 0.347 e. The Morgan fingerprint density at radius 2 is 1.79 bits per heavy atom. The molecule has 11 heteroatoms. The van der Waals surface area contributed by atoms with E-state index in [-0.39, 0.29) is 5.78 Å².